The van der Waals surface area contributed by atoms with Crippen LogP contribution < -0.4 is 20.7 Å². The van der Waals surface area contributed by atoms with Crippen molar-refractivity contribution in [2.45, 2.75) is 26.2 Å². The zero-order valence-corrected chi connectivity index (χ0v) is 32.9. The Kier molecular flexibility index (Phi) is 7.41. The molecule has 0 saturated heterocycles. The molecule has 3 nitrogen and oxygen atoms in total. The molecule has 2 aliphatic rings. The first-order chi connectivity index (χ1) is 26.3. The number of aromatic nitrogens is 3. The van der Waals surface area contributed by atoms with E-state index in [9.17, 15) is 0 Å². The fourth-order valence-corrected chi connectivity index (χ4v) is 14.9. The lowest BCUT2D eigenvalue weighted by molar-refractivity contribution is 1.07. The lowest BCUT2D eigenvalue weighted by Gasteiger charge is -2.20. The van der Waals surface area contributed by atoms with Crippen LogP contribution in [0.4, 0.5) is 0 Å². The van der Waals surface area contributed by atoms with Gasteiger partial charge in [-0.25, -0.2) is 15.0 Å². The van der Waals surface area contributed by atoms with Crippen LogP contribution in [0, 0.1) is 0 Å². The van der Waals surface area contributed by atoms with Gasteiger partial charge in [-0.1, -0.05) is 178 Å². The molecule has 10 rings (SSSR count). The molecule has 0 bridgehead atoms. The lowest BCUT2D eigenvalue weighted by atomic mass is 9.98. The van der Waals surface area contributed by atoms with E-state index in [1.54, 1.807) is 0 Å². The Labute approximate surface area is 319 Å². The third kappa shape index (κ3) is 5.18. The largest absolute Gasteiger partial charge is 0.208 e. The number of nitrogens with zero attached hydrogens (tertiary/aromatic N) is 3. The Bertz CT molecular complexity index is 2590. The highest BCUT2D eigenvalue weighted by Crippen LogP contribution is 2.36. The Balaban J connectivity index is 1.09. The number of hydrogen-bond acceptors (Lipinski definition) is 3. The van der Waals surface area contributed by atoms with Gasteiger partial charge >= 0.3 is 0 Å². The molecule has 0 radical (unpaired) electrons. The summed E-state index contributed by atoms with van der Waals surface area (Å²) in [7, 11) is -3.84. The number of benzene rings is 7. The minimum absolute atomic E-state index is 0.682. The standard InChI is InChI=1S/C49H39N3Si2/c1-53(2)43-26-22-37(28-41(43)39-24-20-35(30-45(39)53)32-14-8-5-9-15-32)48-50-47(34-18-12-7-13-19-34)51-49(52-48)38-23-27-44-42(29-38)40-25-21-36(31-46(40)54(44,3)4)33-16-10-6-11-17-33/h5-31H,1-4H3. The molecule has 3 heterocycles. The van der Waals surface area contributed by atoms with Gasteiger partial charge in [-0.3, -0.25) is 0 Å². The summed E-state index contributed by atoms with van der Waals surface area (Å²) in [4.78, 5) is 15.5. The van der Waals surface area contributed by atoms with E-state index in [1.165, 1.54) is 65.3 Å². The summed E-state index contributed by atoms with van der Waals surface area (Å²) in [5.41, 5.74) is 13.3. The van der Waals surface area contributed by atoms with Crippen LogP contribution in [0.1, 0.15) is 0 Å². The van der Waals surface area contributed by atoms with Gasteiger partial charge in [0, 0.05) is 16.7 Å². The van der Waals surface area contributed by atoms with E-state index in [4.69, 9.17) is 15.0 Å². The number of fused-ring (bicyclic) bond motifs is 6. The van der Waals surface area contributed by atoms with Crippen LogP contribution in [0.3, 0.4) is 0 Å². The zero-order valence-electron chi connectivity index (χ0n) is 30.9. The molecule has 0 atom stereocenters. The van der Waals surface area contributed by atoms with Gasteiger partial charge in [0.2, 0.25) is 0 Å². The Morgan fingerprint density at radius 2 is 0.630 bits per heavy atom. The van der Waals surface area contributed by atoms with Crippen molar-refractivity contribution in [3.8, 4) is 78.7 Å². The van der Waals surface area contributed by atoms with Crippen molar-refractivity contribution in [3.05, 3.63) is 164 Å². The fourth-order valence-electron chi connectivity index (χ4n) is 8.76. The van der Waals surface area contributed by atoms with E-state index in [0.29, 0.717) is 17.5 Å². The number of rotatable bonds is 5. The lowest BCUT2D eigenvalue weighted by Crippen LogP contribution is -2.49. The molecule has 0 saturated carbocycles. The van der Waals surface area contributed by atoms with Gasteiger partial charge in [-0.15, -0.1) is 0 Å². The summed E-state index contributed by atoms with van der Waals surface area (Å²) in [5.74, 6) is 2.07. The van der Waals surface area contributed by atoms with Gasteiger partial charge in [0.15, 0.2) is 17.5 Å². The van der Waals surface area contributed by atoms with E-state index >= 15 is 0 Å². The molecule has 2 aliphatic heterocycles. The van der Waals surface area contributed by atoms with Crippen LogP contribution in [-0.4, -0.2) is 31.1 Å². The second kappa shape index (κ2) is 12.3. The van der Waals surface area contributed by atoms with Gasteiger partial charge in [0.1, 0.15) is 16.1 Å². The second-order valence-corrected chi connectivity index (χ2v) is 24.4. The van der Waals surface area contributed by atoms with Crippen molar-refractivity contribution in [1.29, 1.82) is 0 Å². The third-order valence-electron chi connectivity index (χ3n) is 11.8. The summed E-state index contributed by atoms with van der Waals surface area (Å²) in [6.45, 7) is 9.89. The maximum absolute atomic E-state index is 5.24. The SMILES string of the molecule is C[Si]1(C)c2ccc(-c3nc(-c4ccccc4)nc(-c4ccc5c(c4)-c4ccc(-c6ccccc6)cc4[Si]5(C)C)n3)cc2-c2ccc(-c3ccccc3)cc21. The summed E-state index contributed by atoms with van der Waals surface area (Å²) >= 11 is 0. The highest BCUT2D eigenvalue weighted by atomic mass is 28.3. The molecule has 0 spiro atoms. The van der Waals surface area contributed by atoms with Crippen LogP contribution in [0.2, 0.25) is 26.2 Å². The minimum Gasteiger partial charge on any atom is -0.208 e. The normalized spacial score (nSPS) is 14.2. The van der Waals surface area contributed by atoms with E-state index in [1.807, 2.05) is 18.2 Å². The smallest absolute Gasteiger partial charge is 0.164 e. The molecule has 7 aromatic carbocycles. The van der Waals surface area contributed by atoms with E-state index in [2.05, 4.69) is 172 Å². The van der Waals surface area contributed by atoms with Crippen molar-refractivity contribution in [2.24, 2.45) is 0 Å². The first kappa shape index (κ1) is 32.6. The van der Waals surface area contributed by atoms with Gasteiger partial charge in [-0.05, 0) is 77.4 Å². The zero-order chi connectivity index (χ0) is 36.6. The molecule has 54 heavy (non-hydrogen) atoms. The second-order valence-electron chi connectivity index (χ2n) is 15.7. The molecule has 0 amide bonds. The molecule has 0 fully saturated rings. The number of hydrogen-bond donors (Lipinski definition) is 0. The van der Waals surface area contributed by atoms with Crippen molar-refractivity contribution >= 4 is 36.9 Å². The van der Waals surface area contributed by atoms with Crippen molar-refractivity contribution in [3.63, 3.8) is 0 Å². The van der Waals surface area contributed by atoms with Crippen LogP contribution >= 0.6 is 0 Å². The molecule has 8 aromatic rings. The van der Waals surface area contributed by atoms with Crippen LogP contribution in [0.5, 0.6) is 0 Å². The van der Waals surface area contributed by atoms with Crippen molar-refractivity contribution in [2.75, 3.05) is 0 Å². The molecule has 0 unspecified atom stereocenters. The summed E-state index contributed by atoms with van der Waals surface area (Å²) in [5, 5.41) is 5.89. The maximum atomic E-state index is 5.24. The average Bonchev–Trinajstić information content (AvgIpc) is 3.59. The van der Waals surface area contributed by atoms with Gasteiger partial charge in [0.25, 0.3) is 0 Å². The first-order valence-electron chi connectivity index (χ1n) is 18.8. The first-order valence-corrected chi connectivity index (χ1v) is 24.8. The Hall–Kier alpha value is -6.02. The van der Waals surface area contributed by atoms with Crippen LogP contribution in [0.25, 0.3) is 78.7 Å². The fraction of sp³-hybridized carbons (Fsp3) is 0.0816. The van der Waals surface area contributed by atoms with E-state index < -0.39 is 16.1 Å². The predicted molar refractivity (Wildman–Crippen MR) is 231 cm³/mol. The Morgan fingerprint density at radius 3 is 1.04 bits per heavy atom. The maximum Gasteiger partial charge on any atom is 0.164 e. The topological polar surface area (TPSA) is 38.7 Å². The molecule has 0 aliphatic carbocycles. The van der Waals surface area contributed by atoms with Gasteiger partial charge < -0.3 is 0 Å². The monoisotopic (exact) mass is 725 g/mol. The predicted octanol–water partition coefficient (Wildman–Crippen LogP) is 9.81. The average molecular weight is 726 g/mol. The molecule has 1 aromatic heterocycles. The van der Waals surface area contributed by atoms with Crippen LogP contribution in [-0.2, 0) is 0 Å². The Morgan fingerprint density at radius 1 is 0.278 bits per heavy atom. The van der Waals surface area contributed by atoms with Crippen molar-refractivity contribution in [1.82, 2.24) is 15.0 Å². The molecular formula is C49H39N3Si2. The highest BCUT2D eigenvalue weighted by molar-refractivity contribution is 7.04. The third-order valence-corrected chi connectivity index (χ3v) is 18.8. The van der Waals surface area contributed by atoms with Gasteiger partial charge in [0.05, 0.1) is 0 Å². The van der Waals surface area contributed by atoms with Gasteiger partial charge in [-0.2, -0.15) is 0 Å². The van der Waals surface area contributed by atoms with E-state index in [-0.39, 0.29) is 0 Å². The minimum atomic E-state index is -1.92. The van der Waals surface area contributed by atoms with Crippen LogP contribution in [0.15, 0.2) is 164 Å². The summed E-state index contributed by atoms with van der Waals surface area (Å²) < 4.78 is 0. The molecule has 258 valence electrons. The molecule has 0 N–H and O–H groups in total. The molecule has 5 heteroatoms. The highest BCUT2D eigenvalue weighted by Gasteiger charge is 2.39. The van der Waals surface area contributed by atoms with E-state index in [0.717, 1.165) is 16.7 Å². The van der Waals surface area contributed by atoms with Crippen molar-refractivity contribution < 1.29 is 0 Å². The molecular weight excluding hydrogens is 687 g/mol. The quantitative estimate of drug-likeness (QED) is 0.166. The summed E-state index contributed by atoms with van der Waals surface area (Å²) in [6, 6.07) is 59.5. The summed E-state index contributed by atoms with van der Waals surface area (Å²) in [6.07, 6.45) is 0.